The molecule has 150 valence electrons. The molecule has 0 fully saturated rings. The molecule has 0 spiro atoms. The maximum Gasteiger partial charge on any atom is 0.340 e. The second kappa shape index (κ2) is 9.45. The van der Waals surface area contributed by atoms with Crippen molar-refractivity contribution in [1.82, 2.24) is 4.98 Å². The molecule has 1 aromatic heterocycles. The van der Waals surface area contributed by atoms with E-state index in [1.54, 1.807) is 48.7 Å². The minimum absolute atomic E-state index is 0.00345. The molecule has 0 amide bonds. The van der Waals surface area contributed by atoms with Gasteiger partial charge in [-0.2, -0.15) is 5.26 Å². The van der Waals surface area contributed by atoms with E-state index >= 15 is 0 Å². The number of nitrogens with zero attached hydrogens (tertiary/aromatic N) is 3. The van der Waals surface area contributed by atoms with Crippen LogP contribution >= 0.6 is 11.3 Å². The summed E-state index contributed by atoms with van der Waals surface area (Å²) < 4.78 is 5.04. The smallest absolute Gasteiger partial charge is 0.340 e. The Bertz CT molecular complexity index is 1150. The van der Waals surface area contributed by atoms with E-state index in [9.17, 15) is 20.2 Å². The van der Waals surface area contributed by atoms with Crippen LogP contribution in [-0.4, -0.2) is 22.5 Å². The normalized spacial score (nSPS) is 10.9. The van der Waals surface area contributed by atoms with Gasteiger partial charge in [0.25, 0.3) is 5.69 Å². The minimum Gasteiger partial charge on any atom is -0.462 e. The van der Waals surface area contributed by atoms with Crippen LogP contribution in [0.5, 0.6) is 0 Å². The summed E-state index contributed by atoms with van der Waals surface area (Å²) in [7, 11) is 0. The van der Waals surface area contributed by atoms with Gasteiger partial charge in [0.05, 0.1) is 28.5 Å². The van der Waals surface area contributed by atoms with Crippen LogP contribution in [0.15, 0.2) is 60.1 Å². The fourth-order valence-corrected chi connectivity index (χ4v) is 3.37. The molecule has 0 aliphatic heterocycles. The Balaban J connectivity index is 1.82. The second-order valence-corrected chi connectivity index (χ2v) is 6.78. The third-order valence-corrected chi connectivity index (χ3v) is 4.90. The quantitative estimate of drug-likeness (QED) is 0.251. The number of allylic oxidation sites excluding steroid dienone is 1. The largest absolute Gasteiger partial charge is 0.462 e. The summed E-state index contributed by atoms with van der Waals surface area (Å²) in [5.74, 6) is -0.456. The fraction of sp³-hybridized carbons (Fsp3) is 0.0952. The highest BCUT2D eigenvalue weighted by Crippen LogP contribution is 2.27. The van der Waals surface area contributed by atoms with Gasteiger partial charge in [0.1, 0.15) is 16.6 Å². The molecule has 3 aromatic rings. The lowest BCUT2D eigenvalue weighted by Gasteiger charge is -2.08. The van der Waals surface area contributed by atoms with Gasteiger partial charge >= 0.3 is 5.97 Å². The number of aromatic nitrogens is 1. The van der Waals surface area contributed by atoms with Gasteiger partial charge in [-0.1, -0.05) is 12.1 Å². The topological polar surface area (TPSA) is 118 Å². The van der Waals surface area contributed by atoms with Gasteiger partial charge in [-0.05, 0) is 31.2 Å². The third-order valence-electron chi connectivity index (χ3n) is 4.02. The van der Waals surface area contributed by atoms with Crippen molar-refractivity contribution in [3.05, 3.63) is 80.8 Å². The molecule has 3 rings (SSSR count). The zero-order valence-electron chi connectivity index (χ0n) is 15.9. The van der Waals surface area contributed by atoms with Gasteiger partial charge in [0.2, 0.25) is 0 Å². The monoisotopic (exact) mass is 420 g/mol. The zero-order chi connectivity index (χ0) is 21.5. The van der Waals surface area contributed by atoms with Crippen molar-refractivity contribution in [3.63, 3.8) is 0 Å². The maximum atomic E-state index is 12.1. The molecule has 0 unspecified atom stereocenters. The molecule has 0 saturated heterocycles. The number of nitro benzene ring substituents is 1. The molecule has 0 aliphatic carbocycles. The summed E-state index contributed by atoms with van der Waals surface area (Å²) in [6.07, 6.45) is 1.48. The first-order chi connectivity index (χ1) is 14.5. The van der Waals surface area contributed by atoms with Crippen LogP contribution < -0.4 is 5.32 Å². The van der Waals surface area contributed by atoms with Gasteiger partial charge in [0.15, 0.2) is 0 Å². The number of anilines is 1. The summed E-state index contributed by atoms with van der Waals surface area (Å²) >= 11 is 1.27. The van der Waals surface area contributed by atoms with Gasteiger partial charge in [-0.25, -0.2) is 9.78 Å². The van der Waals surface area contributed by atoms with Crippen LogP contribution in [0.3, 0.4) is 0 Å². The SMILES string of the molecule is CCOC(=O)c1ccccc1NC=C(C#N)c1nc(-c2ccc([N+](=O)[O-])cc2)cs1. The molecule has 0 bridgehead atoms. The van der Waals surface area contributed by atoms with Crippen molar-refractivity contribution >= 4 is 34.3 Å². The number of non-ortho nitro benzene ring substituents is 1. The molecular weight excluding hydrogens is 404 g/mol. The summed E-state index contributed by atoms with van der Waals surface area (Å²) in [5.41, 5.74) is 2.47. The van der Waals surface area contributed by atoms with Crippen LogP contribution in [0.25, 0.3) is 16.8 Å². The second-order valence-electron chi connectivity index (χ2n) is 5.92. The van der Waals surface area contributed by atoms with E-state index < -0.39 is 10.9 Å². The van der Waals surface area contributed by atoms with E-state index in [0.717, 1.165) is 0 Å². The Morgan fingerprint density at radius 3 is 2.70 bits per heavy atom. The van der Waals surface area contributed by atoms with Crippen molar-refractivity contribution in [2.75, 3.05) is 11.9 Å². The zero-order valence-corrected chi connectivity index (χ0v) is 16.7. The standard InChI is InChI=1S/C21H16N4O4S/c1-2-29-21(26)17-5-3-4-6-18(17)23-12-15(11-22)20-24-19(13-30-20)14-7-9-16(10-8-14)25(27)28/h3-10,12-13,23H,2H2,1H3. The Hall–Kier alpha value is -4.03. The highest BCUT2D eigenvalue weighted by molar-refractivity contribution is 7.11. The first-order valence-corrected chi connectivity index (χ1v) is 9.75. The predicted molar refractivity (Wildman–Crippen MR) is 114 cm³/mol. The summed E-state index contributed by atoms with van der Waals surface area (Å²) in [5, 5.41) is 25.6. The molecule has 0 aliphatic rings. The highest BCUT2D eigenvalue weighted by Gasteiger charge is 2.13. The van der Waals surface area contributed by atoms with E-state index in [1.165, 1.54) is 29.7 Å². The Labute approximate surface area is 176 Å². The average Bonchev–Trinajstić information content (AvgIpc) is 3.25. The van der Waals surface area contributed by atoms with E-state index in [2.05, 4.69) is 16.4 Å². The van der Waals surface area contributed by atoms with Crippen LogP contribution in [0.2, 0.25) is 0 Å². The average molecular weight is 420 g/mol. The number of rotatable bonds is 7. The van der Waals surface area contributed by atoms with Crippen molar-refractivity contribution in [2.45, 2.75) is 6.92 Å². The number of para-hydroxylation sites is 1. The number of ether oxygens (including phenoxy) is 1. The molecule has 8 nitrogen and oxygen atoms in total. The van der Waals surface area contributed by atoms with Crippen molar-refractivity contribution < 1.29 is 14.5 Å². The van der Waals surface area contributed by atoms with Gasteiger partial charge in [-0.15, -0.1) is 11.3 Å². The van der Waals surface area contributed by atoms with Crippen LogP contribution in [0.1, 0.15) is 22.3 Å². The number of thiazole rings is 1. The van der Waals surface area contributed by atoms with Crippen LogP contribution in [0.4, 0.5) is 11.4 Å². The number of carbonyl (C=O) groups is 1. The third kappa shape index (κ3) is 4.68. The number of benzene rings is 2. The Kier molecular flexibility index (Phi) is 6.52. The van der Waals surface area contributed by atoms with Crippen LogP contribution in [-0.2, 0) is 4.74 Å². The van der Waals surface area contributed by atoms with Gasteiger partial charge in [-0.3, -0.25) is 10.1 Å². The molecular formula is C21H16N4O4S. The predicted octanol–water partition coefficient (Wildman–Crippen LogP) is 4.87. The van der Waals surface area contributed by atoms with Gasteiger partial charge < -0.3 is 10.1 Å². The van der Waals surface area contributed by atoms with Gasteiger partial charge in [0, 0.05) is 29.3 Å². The lowest BCUT2D eigenvalue weighted by molar-refractivity contribution is -0.384. The van der Waals surface area contributed by atoms with E-state index in [4.69, 9.17) is 4.74 Å². The Morgan fingerprint density at radius 1 is 1.30 bits per heavy atom. The minimum atomic E-state index is -0.466. The van der Waals surface area contributed by atoms with Crippen molar-refractivity contribution in [3.8, 4) is 17.3 Å². The summed E-state index contributed by atoms with van der Waals surface area (Å²) in [6.45, 7) is 1.99. The first-order valence-electron chi connectivity index (χ1n) is 8.87. The first kappa shape index (κ1) is 20.7. The number of nitro groups is 1. The molecule has 0 atom stereocenters. The molecule has 1 heterocycles. The molecule has 1 N–H and O–H groups in total. The van der Waals surface area contributed by atoms with Crippen LogP contribution in [0, 0.1) is 21.4 Å². The van der Waals surface area contributed by atoms with E-state index in [1.807, 2.05) is 0 Å². The van der Waals surface area contributed by atoms with E-state index in [0.29, 0.717) is 27.5 Å². The number of nitriles is 1. The molecule has 2 aromatic carbocycles. The summed E-state index contributed by atoms with van der Waals surface area (Å²) in [4.78, 5) is 26.8. The molecule has 0 radical (unpaired) electrons. The molecule has 0 saturated carbocycles. The highest BCUT2D eigenvalue weighted by atomic mass is 32.1. The number of esters is 1. The number of hydrogen-bond donors (Lipinski definition) is 1. The summed E-state index contributed by atoms with van der Waals surface area (Å²) in [6, 6.07) is 15.0. The molecule has 9 heteroatoms. The number of hydrogen-bond acceptors (Lipinski definition) is 8. The number of carbonyl (C=O) groups excluding carboxylic acids is 1. The fourth-order valence-electron chi connectivity index (χ4n) is 2.57. The van der Waals surface area contributed by atoms with Crippen molar-refractivity contribution in [2.24, 2.45) is 0 Å². The van der Waals surface area contributed by atoms with E-state index in [-0.39, 0.29) is 17.9 Å². The number of nitrogens with one attached hydrogen (secondary N) is 1. The lowest BCUT2D eigenvalue weighted by Crippen LogP contribution is -2.07. The lowest BCUT2D eigenvalue weighted by atomic mass is 10.1. The molecule has 30 heavy (non-hydrogen) atoms. The maximum absolute atomic E-state index is 12.1. The Morgan fingerprint density at radius 2 is 2.03 bits per heavy atom. The van der Waals surface area contributed by atoms with Crippen molar-refractivity contribution in [1.29, 1.82) is 5.26 Å².